The molecule has 0 bridgehead atoms. The number of alkyl halides is 4. The van der Waals surface area contributed by atoms with Crippen molar-refractivity contribution in [2.45, 2.75) is 70.6 Å². The maximum absolute atomic E-state index is 13.7. The van der Waals surface area contributed by atoms with Gasteiger partial charge in [0.05, 0.1) is 12.5 Å². The zero-order valence-electron chi connectivity index (χ0n) is 20.9. The van der Waals surface area contributed by atoms with Crippen LogP contribution in [0.15, 0.2) is 0 Å². The first-order chi connectivity index (χ1) is 17.2. The summed E-state index contributed by atoms with van der Waals surface area (Å²) in [5.74, 6) is -5.70. The van der Waals surface area contributed by atoms with Crippen LogP contribution in [0.1, 0.15) is 46.5 Å². The van der Waals surface area contributed by atoms with Crippen LogP contribution in [0.4, 0.5) is 13.2 Å². The van der Waals surface area contributed by atoms with E-state index in [0.717, 1.165) is 12.8 Å². The second-order valence-corrected chi connectivity index (χ2v) is 11.3. The number of nitrogens with zero attached hydrogens (tertiary/aromatic N) is 2. The summed E-state index contributed by atoms with van der Waals surface area (Å²) in [5, 5.41) is 5.36. The van der Waals surface area contributed by atoms with Crippen LogP contribution in [0.2, 0.25) is 0 Å². The van der Waals surface area contributed by atoms with Crippen LogP contribution in [0.3, 0.4) is 0 Å². The topological polar surface area (TPSA) is 128 Å². The highest BCUT2D eigenvalue weighted by Gasteiger charge is 2.52. The van der Waals surface area contributed by atoms with E-state index in [4.69, 9.17) is 11.6 Å². The van der Waals surface area contributed by atoms with E-state index in [0.29, 0.717) is 24.4 Å². The van der Waals surface area contributed by atoms with Gasteiger partial charge in [0.2, 0.25) is 11.8 Å². The zero-order valence-corrected chi connectivity index (χ0v) is 21.7. The monoisotopic (exact) mass is 551 g/mol. The van der Waals surface area contributed by atoms with Crippen molar-refractivity contribution in [2.24, 2.45) is 23.2 Å². The quantitative estimate of drug-likeness (QED) is 0.320. The molecule has 0 aromatic rings. The Morgan fingerprint density at radius 2 is 1.84 bits per heavy atom. The lowest BCUT2D eigenvalue weighted by Crippen LogP contribution is -2.61. The van der Waals surface area contributed by atoms with Gasteiger partial charge >= 0.3 is 6.43 Å². The molecular formula is C23H33ClF3N5O5. The van der Waals surface area contributed by atoms with E-state index in [1.807, 2.05) is 0 Å². The normalized spacial score (nSPS) is 26.9. The molecule has 6 atom stereocenters. The van der Waals surface area contributed by atoms with E-state index >= 15 is 0 Å². The van der Waals surface area contributed by atoms with Crippen LogP contribution < -0.4 is 16.1 Å². The minimum absolute atomic E-state index is 0.0437. The summed E-state index contributed by atoms with van der Waals surface area (Å²) in [5.41, 5.74) is -1.07. The Bertz CT molecular complexity index is 931. The Kier molecular flexibility index (Phi) is 8.97. The third kappa shape index (κ3) is 6.47. The van der Waals surface area contributed by atoms with Gasteiger partial charge in [0.25, 0.3) is 23.4 Å². The number of hydrazine groups is 1. The molecule has 0 aromatic carbocycles. The Morgan fingerprint density at radius 3 is 2.38 bits per heavy atom. The van der Waals surface area contributed by atoms with Gasteiger partial charge in [0, 0.05) is 13.1 Å². The summed E-state index contributed by atoms with van der Waals surface area (Å²) in [6.45, 7) is 5.02. The van der Waals surface area contributed by atoms with Gasteiger partial charge in [-0.3, -0.25) is 29.4 Å². The van der Waals surface area contributed by atoms with Gasteiger partial charge in [-0.25, -0.2) is 9.40 Å². The molecule has 1 aliphatic carbocycles. The van der Waals surface area contributed by atoms with E-state index in [1.165, 1.54) is 4.90 Å². The molecule has 3 aliphatic rings. The maximum Gasteiger partial charge on any atom is 0.315 e. The number of carbonyl (C=O) groups excluding carboxylic acids is 5. The van der Waals surface area contributed by atoms with Gasteiger partial charge in [-0.05, 0) is 36.5 Å². The molecule has 3 fully saturated rings. The molecule has 0 radical (unpaired) electrons. The minimum Gasteiger partial charge on any atom is -0.356 e. The number of hydrogen-bond acceptors (Lipinski definition) is 5. The van der Waals surface area contributed by atoms with Gasteiger partial charge in [-0.2, -0.15) is 8.78 Å². The Labute approximate surface area is 217 Å². The van der Waals surface area contributed by atoms with Crippen LogP contribution in [-0.4, -0.2) is 83.2 Å². The van der Waals surface area contributed by atoms with Crippen LogP contribution in [-0.2, 0) is 24.0 Å². The smallest absolute Gasteiger partial charge is 0.315 e. The highest BCUT2D eigenvalue weighted by atomic mass is 35.5. The second kappa shape index (κ2) is 11.4. The number of nitrogens with one attached hydrogen (secondary N) is 3. The molecule has 0 spiro atoms. The number of likely N-dealkylation sites (tertiary alicyclic amines) is 1. The highest BCUT2D eigenvalue weighted by Crippen LogP contribution is 2.43. The van der Waals surface area contributed by atoms with Gasteiger partial charge in [0.1, 0.15) is 12.1 Å². The van der Waals surface area contributed by atoms with Crippen LogP contribution in [0.25, 0.3) is 0 Å². The van der Waals surface area contributed by atoms with Crippen molar-refractivity contribution in [1.82, 2.24) is 26.0 Å². The molecule has 208 valence electrons. The fourth-order valence-electron chi connectivity index (χ4n) is 5.44. The van der Waals surface area contributed by atoms with Gasteiger partial charge in [-0.15, -0.1) is 0 Å². The standard InChI is InChI=1S/C23H33ClF3N5O5/c1-23(2,3)15(29-20(35)17(26)27)21(36)31-9-11-5-4-6-13(11)14(31)19(34)30-32(22(37)16(24)25)10-12-7-8-28-18(12)33/h11-17H,4-10H2,1-3H3,(H,28,33)(H,29,35)(H,30,34)/t11-,12-,13-,14-,15+,16-/m0/s1. The van der Waals surface area contributed by atoms with Crippen LogP contribution in [0.5, 0.6) is 0 Å². The molecule has 1 saturated carbocycles. The molecule has 0 aromatic heterocycles. The molecule has 2 aliphatic heterocycles. The molecule has 37 heavy (non-hydrogen) atoms. The van der Waals surface area contributed by atoms with Crippen molar-refractivity contribution in [3.05, 3.63) is 0 Å². The molecule has 5 amide bonds. The number of amides is 5. The fourth-order valence-corrected chi connectivity index (χ4v) is 5.55. The van der Waals surface area contributed by atoms with E-state index in [9.17, 15) is 37.1 Å². The minimum atomic E-state index is -3.33. The number of fused-ring (bicyclic) bond motifs is 1. The molecule has 0 unspecified atom stereocenters. The van der Waals surface area contributed by atoms with Crippen molar-refractivity contribution in [1.29, 1.82) is 0 Å². The highest BCUT2D eigenvalue weighted by molar-refractivity contribution is 6.29. The summed E-state index contributed by atoms with van der Waals surface area (Å²) >= 11 is 5.35. The van der Waals surface area contributed by atoms with E-state index in [2.05, 4.69) is 16.1 Å². The van der Waals surface area contributed by atoms with Crippen LogP contribution >= 0.6 is 11.6 Å². The van der Waals surface area contributed by atoms with Crippen molar-refractivity contribution in [2.75, 3.05) is 19.6 Å². The molecule has 2 heterocycles. The number of carbonyl (C=O) groups is 5. The summed E-state index contributed by atoms with van der Waals surface area (Å²) < 4.78 is 39.7. The first-order valence-electron chi connectivity index (χ1n) is 12.3. The van der Waals surface area contributed by atoms with Gasteiger partial charge in [0.15, 0.2) is 0 Å². The fraction of sp³-hybridized carbons (Fsp3) is 0.783. The predicted octanol–water partition coefficient (Wildman–Crippen LogP) is 0.940. The molecular weight excluding hydrogens is 519 g/mol. The van der Waals surface area contributed by atoms with Crippen LogP contribution in [0, 0.1) is 23.2 Å². The molecule has 14 heteroatoms. The Balaban J connectivity index is 1.86. The Morgan fingerprint density at radius 1 is 1.16 bits per heavy atom. The van der Waals surface area contributed by atoms with Crippen molar-refractivity contribution in [3.63, 3.8) is 0 Å². The average molecular weight is 552 g/mol. The average Bonchev–Trinajstić information content (AvgIpc) is 3.51. The first-order valence-corrected chi connectivity index (χ1v) is 12.7. The maximum atomic E-state index is 13.7. The van der Waals surface area contributed by atoms with E-state index in [1.54, 1.807) is 20.8 Å². The van der Waals surface area contributed by atoms with Crippen molar-refractivity contribution >= 4 is 41.1 Å². The summed E-state index contributed by atoms with van der Waals surface area (Å²) in [4.78, 5) is 64.6. The van der Waals surface area contributed by atoms with E-state index < -0.39 is 59.1 Å². The SMILES string of the molecule is CC(C)(C)[C@H](NC(=O)C(F)F)C(=O)N1C[C@@H]2CCC[C@@H]2[C@H]1C(=O)NN(C[C@@H]1CCNC1=O)C(=O)[C@H](F)Cl. The van der Waals surface area contributed by atoms with Crippen molar-refractivity contribution < 1.29 is 37.1 Å². The molecule has 10 nitrogen and oxygen atoms in total. The van der Waals surface area contributed by atoms with Crippen molar-refractivity contribution in [3.8, 4) is 0 Å². The molecule has 3 N–H and O–H groups in total. The first kappa shape index (κ1) is 29.0. The third-order valence-corrected chi connectivity index (χ3v) is 7.49. The molecule has 3 rings (SSSR count). The summed E-state index contributed by atoms with van der Waals surface area (Å²) in [6.07, 6.45) is -0.804. The van der Waals surface area contributed by atoms with Gasteiger partial charge < -0.3 is 15.5 Å². The van der Waals surface area contributed by atoms with Gasteiger partial charge in [-0.1, -0.05) is 38.8 Å². The predicted molar refractivity (Wildman–Crippen MR) is 125 cm³/mol. The lowest BCUT2D eigenvalue weighted by atomic mass is 9.85. The number of halogens is 4. The molecule has 2 saturated heterocycles. The summed E-state index contributed by atoms with van der Waals surface area (Å²) in [7, 11) is 0. The lowest BCUT2D eigenvalue weighted by molar-refractivity contribution is -0.151. The Hall–Kier alpha value is -2.57. The number of rotatable bonds is 7. The van der Waals surface area contributed by atoms with E-state index in [-0.39, 0.29) is 30.8 Å². The lowest BCUT2D eigenvalue weighted by Gasteiger charge is -2.37. The number of hydrogen-bond donors (Lipinski definition) is 3. The zero-order chi connectivity index (χ0) is 27.7. The summed E-state index contributed by atoms with van der Waals surface area (Å²) in [6, 6.07) is -2.43. The third-order valence-electron chi connectivity index (χ3n) is 7.30. The second-order valence-electron chi connectivity index (χ2n) is 10.9. The largest absolute Gasteiger partial charge is 0.356 e.